The average Bonchev–Trinajstić information content (AvgIpc) is 2.55. The SMILES string of the molecule is CC(CO)c1ccc(C(=O)Oc2ccc(C#N)nn2)cc1. The number of carbonyl (C=O) groups is 1. The Kier molecular flexibility index (Phi) is 4.59. The quantitative estimate of drug-likeness (QED) is 0.857. The Morgan fingerprint density at radius 1 is 1.29 bits per heavy atom. The third-order valence-corrected chi connectivity index (χ3v) is 2.94. The second kappa shape index (κ2) is 6.59. The standard InChI is InChI=1S/C15H13N3O3/c1-10(9-19)11-2-4-12(5-3-11)15(20)21-14-7-6-13(8-16)17-18-14/h2-7,10,19H,9H2,1H3. The molecule has 21 heavy (non-hydrogen) atoms. The lowest BCUT2D eigenvalue weighted by Gasteiger charge is -2.08. The van der Waals surface area contributed by atoms with E-state index >= 15 is 0 Å². The lowest BCUT2D eigenvalue weighted by Crippen LogP contribution is -2.10. The van der Waals surface area contributed by atoms with E-state index in [2.05, 4.69) is 10.2 Å². The maximum Gasteiger partial charge on any atom is 0.344 e. The molecule has 6 nitrogen and oxygen atoms in total. The van der Waals surface area contributed by atoms with Crippen molar-refractivity contribution in [1.29, 1.82) is 5.26 Å². The van der Waals surface area contributed by atoms with Crippen LogP contribution in [0.25, 0.3) is 0 Å². The Labute approximate surface area is 121 Å². The molecule has 0 bridgehead atoms. The van der Waals surface area contributed by atoms with E-state index in [1.165, 1.54) is 12.1 Å². The number of nitrogens with zero attached hydrogens (tertiary/aromatic N) is 3. The molecular weight excluding hydrogens is 270 g/mol. The summed E-state index contributed by atoms with van der Waals surface area (Å²) in [5.41, 5.74) is 1.46. The third-order valence-electron chi connectivity index (χ3n) is 2.94. The Balaban J connectivity index is 2.07. The number of hydrogen-bond donors (Lipinski definition) is 1. The minimum atomic E-state index is -0.558. The molecule has 2 aromatic rings. The number of esters is 1. The lowest BCUT2D eigenvalue weighted by atomic mass is 10.0. The van der Waals surface area contributed by atoms with Crippen LogP contribution in [0.15, 0.2) is 36.4 Å². The number of aliphatic hydroxyl groups is 1. The van der Waals surface area contributed by atoms with Crippen molar-refractivity contribution in [2.75, 3.05) is 6.61 Å². The summed E-state index contributed by atoms with van der Waals surface area (Å²) in [6.45, 7) is 1.93. The summed E-state index contributed by atoms with van der Waals surface area (Å²) in [4.78, 5) is 11.9. The van der Waals surface area contributed by atoms with E-state index in [0.29, 0.717) is 5.56 Å². The van der Waals surface area contributed by atoms with Crippen LogP contribution in [0, 0.1) is 11.3 Å². The molecule has 0 spiro atoms. The van der Waals surface area contributed by atoms with Crippen molar-refractivity contribution in [1.82, 2.24) is 10.2 Å². The predicted molar refractivity (Wildman–Crippen MR) is 73.6 cm³/mol. The zero-order chi connectivity index (χ0) is 15.2. The summed E-state index contributed by atoms with van der Waals surface area (Å²) < 4.78 is 5.06. The van der Waals surface area contributed by atoms with Crippen LogP contribution in [0.3, 0.4) is 0 Å². The van der Waals surface area contributed by atoms with Gasteiger partial charge in [0.2, 0.25) is 5.88 Å². The maximum atomic E-state index is 11.9. The molecule has 0 amide bonds. The fraction of sp³-hybridized carbons (Fsp3) is 0.200. The van der Waals surface area contributed by atoms with Gasteiger partial charge in [-0.2, -0.15) is 5.26 Å². The molecule has 0 saturated heterocycles. The normalized spacial score (nSPS) is 11.5. The van der Waals surface area contributed by atoms with Gasteiger partial charge in [-0.05, 0) is 23.8 Å². The van der Waals surface area contributed by atoms with Crippen LogP contribution in [0.4, 0.5) is 0 Å². The summed E-state index contributed by atoms with van der Waals surface area (Å²) in [7, 11) is 0. The van der Waals surface area contributed by atoms with Crippen LogP contribution in [0.1, 0.15) is 34.5 Å². The zero-order valence-electron chi connectivity index (χ0n) is 11.4. The summed E-state index contributed by atoms with van der Waals surface area (Å²) in [5, 5.41) is 24.9. The Bertz CT molecular complexity index is 660. The highest BCUT2D eigenvalue weighted by Crippen LogP contribution is 2.16. The predicted octanol–water partition coefficient (Wildman–Crippen LogP) is 1.66. The van der Waals surface area contributed by atoms with E-state index in [-0.39, 0.29) is 24.1 Å². The number of rotatable bonds is 4. The van der Waals surface area contributed by atoms with Gasteiger partial charge in [0.25, 0.3) is 0 Å². The molecule has 6 heteroatoms. The van der Waals surface area contributed by atoms with Gasteiger partial charge in [0, 0.05) is 18.6 Å². The van der Waals surface area contributed by atoms with Crippen LogP contribution in [0.2, 0.25) is 0 Å². The number of carbonyl (C=O) groups excluding carboxylic acids is 1. The first-order valence-electron chi connectivity index (χ1n) is 6.31. The van der Waals surface area contributed by atoms with Crippen molar-refractivity contribution < 1.29 is 14.6 Å². The number of aliphatic hydroxyl groups excluding tert-OH is 1. The van der Waals surface area contributed by atoms with Gasteiger partial charge >= 0.3 is 5.97 Å². The molecule has 1 atom stereocenters. The Morgan fingerprint density at radius 2 is 2.00 bits per heavy atom. The average molecular weight is 283 g/mol. The van der Waals surface area contributed by atoms with E-state index in [1.54, 1.807) is 24.3 Å². The second-order valence-electron chi connectivity index (χ2n) is 4.46. The number of hydrogen-bond acceptors (Lipinski definition) is 6. The van der Waals surface area contributed by atoms with E-state index in [4.69, 9.17) is 15.1 Å². The minimum Gasteiger partial charge on any atom is -0.402 e. The Hall–Kier alpha value is -2.78. The Morgan fingerprint density at radius 3 is 2.52 bits per heavy atom. The zero-order valence-corrected chi connectivity index (χ0v) is 11.4. The smallest absolute Gasteiger partial charge is 0.344 e. The largest absolute Gasteiger partial charge is 0.402 e. The van der Waals surface area contributed by atoms with Gasteiger partial charge in [-0.1, -0.05) is 19.1 Å². The van der Waals surface area contributed by atoms with Gasteiger partial charge in [0.1, 0.15) is 6.07 Å². The van der Waals surface area contributed by atoms with Gasteiger partial charge in [0.05, 0.1) is 5.56 Å². The van der Waals surface area contributed by atoms with Gasteiger partial charge in [-0.3, -0.25) is 0 Å². The molecule has 0 aliphatic rings. The number of benzene rings is 1. The minimum absolute atomic E-state index is 0.0134. The number of aromatic nitrogens is 2. The number of ether oxygens (including phenoxy) is 1. The first-order valence-corrected chi connectivity index (χ1v) is 6.31. The molecule has 0 aliphatic carbocycles. The lowest BCUT2D eigenvalue weighted by molar-refractivity contribution is 0.0725. The molecule has 0 aliphatic heterocycles. The molecule has 1 heterocycles. The van der Waals surface area contributed by atoms with Crippen LogP contribution < -0.4 is 4.74 Å². The van der Waals surface area contributed by atoms with Crippen molar-refractivity contribution in [3.63, 3.8) is 0 Å². The van der Waals surface area contributed by atoms with Crippen molar-refractivity contribution in [2.45, 2.75) is 12.8 Å². The highest BCUT2D eigenvalue weighted by Gasteiger charge is 2.11. The van der Waals surface area contributed by atoms with Gasteiger partial charge in [0.15, 0.2) is 5.69 Å². The first kappa shape index (κ1) is 14.6. The topological polar surface area (TPSA) is 96.1 Å². The number of nitriles is 1. The molecule has 1 N–H and O–H groups in total. The molecular formula is C15H13N3O3. The summed E-state index contributed by atoms with van der Waals surface area (Å²) in [6.07, 6.45) is 0. The van der Waals surface area contributed by atoms with Gasteiger partial charge < -0.3 is 9.84 Å². The monoisotopic (exact) mass is 283 g/mol. The highest BCUT2D eigenvalue weighted by molar-refractivity contribution is 5.90. The summed E-state index contributed by atoms with van der Waals surface area (Å²) >= 11 is 0. The first-order chi connectivity index (χ1) is 10.1. The molecule has 1 aromatic heterocycles. The van der Waals surface area contributed by atoms with Crippen LogP contribution >= 0.6 is 0 Å². The van der Waals surface area contributed by atoms with Crippen molar-refractivity contribution in [3.05, 3.63) is 53.2 Å². The van der Waals surface area contributed by atoms with Crippen molar-refractivity contribution in [2.24, 2.45) is 0 Å². The molecule has 0 fully saturated rings. The van der Waals surface area contributed by atoms with Gasteiger partial charge in [-0.15, -0.1) is 10.2 Å². The van der Waals surface area contributed by atoms with Crippen molar-refractivity contribution in [3.8, 4) is 11.9 Å². The van der Waals surface area contributed by atoms with E-state index in [9.17, 15) is 4.79 Å². The van der Waals surface area contributed by atoms with E-state index in [0.717, 1.165) is 5.56 Å². The molecule has 106 valence electrons. The van der Waals surface area contributed by atoms with Crippen LogP contribution in [-0.2, 0) is 0 Å². The molecule has 1 aromatic carbocycles. The second-order valence-corrected chi connectivity index (χ2v) is 4.46. The fourth-order valence-electron chi connectivity index (χ4n) is 1.64. The molecule has 2 rings (SSSR count). The van der Waals surface area contributed by atoms with Crippen LogP contribution in [0.5, 0.6) is 5.88 Å². The summed E-state index contributed by atoms with van der Waals surface area (Å²) in [6, 6.07) is 11.4. The molecule has 1 unspecified atom stereocenters. The third kappa shape index (κ3) is 3.61. The highest BCUT2D eigenvalue weighted by atomic mass is 16.5. The van der Waals surface area contributed by atoms with Gasteiger partial charge in [-0.25, -0.2) is 4.79 Å². The van der Waals surface area contributed by atoms with E-state index < -0.39 is 5.97 Å². The molecule has 0 saturated carbocycles. The van der Waals surface area contributed by atoms with Crippen molar-refractivity contribution >= 4 is 5.97 Å². The maximum absolute atomic E-state index is 11.9. The fourth-order valence-corrected chi connectivity index (χ4v) is 1.64. The molecule has 0 radical (unpaired) electrons. The van der Waals surface area contributed by atoms with E-state index in [1.807, 2.05) is 13.0 Å². The van der Waals surface area contributed by atoms with Crippen LogP contribution in [-0.4, -0.2) is 27.9 Å². The summed E-state index contributed by atoms with van der Waals surface area (Å²) in [5.74, 6) is -0.511.